The lowest BCUT2D eigenvalue weighted by molar-refractivity contribution is -0.126. The van der Waals surface area contributed by atoms with Crippen LogP contribution in [0.1, 0.15) is 31.9 Å². The molecule has 1 unspecified atom stereocenters. The van der Waals surface area contributed by atoms with Crippen LogP contribution in [0.3, 0.4) is 0 Å². The average Bonchev–Trinajstić information content (AvgIpc) is 2.63. The van der Waals surface area contributed by atoms with Gasteiger partial charge in [-0.3, -0.25) is 15.2 Å². The zero-order chi connectivity index (χ0) is 16.7. The third-order valence-corrected chi connectivity index (χ3v) is 4.18. The third kappa shape index (κ3) is 2.41. The number of hydrazine groups is 1. The van der Waals surface area contributed by atoms with E-state index in [0.717, 1.165) is 16.8 Å². The molecule has 1 amide bonds. The van der Waals surface area contributed by atoms with Gasteiger partial charge in [-0.1, -0.05) is 17.7 Å². The number of allylic oxidation sites excluding steroid dienone is 1. The second-order valence-corrected chi connectivity index (χ2v) is 6.43. The maximum Gasteiger partial charge on any atom is 0.246 e. The minimum Gasteiger partial charge on any atom is -0.401 e. The van der Waals surface area contributed by atoms with Crippen molar-refractivity contribution in [3.8, 4) is 6.07 Å². The average molecular weight is 298 g/mol. The molecule has 1 aromatic rings. The van der Waals surface area contributed by atoms with Crippen LogP contribution in [0.25, 0.3) is 0 Å². The van der Waals surface area contributed by atoms with Crippen molar-refractivity contribution >= 4 is 11.6 Å². The summed E-state index contributed by atoms with van der Waals surface area (Å²) in [5, 5.41) is 11.3. The highest BCUT2D eigenvalue weighted by Crippen LogP contribution is 2.39. The molecule has 0 aromatic heterocycles. The SMILES string of the molecule is C/C(N)=C(\C#N)C1N(c2ccc(C)cc2C)NC(=O)C1(C)C. The van der Waals surface area contributed by atoms with Crippen molar-refractivity contribution in [2.45, 2.75) is 40.7 Å². The van der Waals surface area contributed by atoms with Crippen LogP contribution >= 0.6 is 0 Å². The minimum atomic E-state index is -0.747. The van der Waals surface area contributed by atoms with Crippen LogP contribution in [0.5, 0.6) is 0 Å². The molecule has 0 bridgehead atoms. The summed E-state index contributed by atoms with van der Waals surface area (Å²) in [5.41, 5.74) is 12.0. The number of hydrogen-bond donors (Lipinski definition) is 2. The molecule has 2 rings (SSSR count). The normalized spacial score (nSPS) is 21.2. The van der Waals surface area contributed by atoms with Crippen molar-refractivity contribution in [3.63, 3.8) is 0 Å². The predicted molar refractivity (Wildman–Crippen MR) is 86.6 cm³/mol. The Hall–Kier alpha value is -2.48. The van der Waals surface area contributed by atoms with Gasteiger partial charge >= 0.3 is 0 Å². The summed E-state index contributed by atoms with van der Waals surface area (Å²) in [4.78, 5) is 12.4. The molecule has 1 aliphatic rings. The summed E-state index contributed by atoms with van der Waals surface area (Å²) in [6.45, 7) is 9.36. The second-order valence-electron chi connectivity index (χ2n) is 6.43. The maximum atomic E-state index is 12.4. The van der Waals surface area contributed by atoms with Crippen molar-refractivity contribution in [2.75, 3.05) is 5.01 Å². The number of hydrogen-bond acceptors (Lipinski definition) is 4. The molecule has 1 atom stereocenters. The Bertz CT molecular complexity index is 693. The van der Waals surface area contributed by atoms with Crippen LogP contribution in [0.15, 0.2) is 29.5 Å². The molecule has 1 aromatic carbocycles. The molecule has 5 heteroatoms. The molecule has 0 spiro atoms. The minimum absolute atomic E-state index is 0.119. The first kappa shape index (κ1) is 15.9. The molecule has 0 saturated carbocycles. The smallest absolute Gasteiger partial charge is 0.246 e. The number of rotatable bonds is 2. The van der Waals surface area contributed by atoms with Gasteiger partial charge in [-0.15, -0.1) is 0 Å². The summed E-state index contributed by atoms with van der Waals surface area (Å²) in [7, 11) is 0. The molecule has 1 fully saturated rings. The highest BCUT2D eigenvalue weighted by Gasteiger charge is 2.50. The molecule has 1 heterocycles. The van der Waals surface area contributed by atoms with Gasteiger partial charge in [-0.2, -0.15) is 5.26 Å². The van der Waals surface area contributed by atoms with Crippen molar-refractivity contribution in [1.82, 2.24) is 5.43 Å². The Kier molecular flexibility index (Phi) is 3.89. The third-order valence-electron chi connectivity index (χ3n) is 4.18. The van der Waals surface area contributed by atoms with Gasteiger partial charge in [-0.25, -0.2) is 0 Å². The number of aryl methyl sites for hydroxylation is 2. The van der Waals surface area contributed by atoms with Crippen LogP contribution in [0.2, 0.25) is 0 Å². The molecule has 1 aliphatic heterocycles. The molecule has 22 heavy (non-hydrogen) atoms. The van der Waals surface area contributed by atoms with Crippen molar-refractivity contribution in [3.05, 3.63) is 40.6 Å². The van der Waals surface area contributed by atoms with Crippen LogP contribution in [-0.4, -0.2) is 11.9 Å². The molecule has 3 N–H and O–H groups in total. The summed E-state index contributed by atoms with van der Waals surface area (Å²) in [6, 6.07) is 7.73. The topological polar surface area (TPSA) is 82.2 Å². The van der Waals surface area contributed by atoms with Gasteiger partial charge in [0.05, 0.1) is 22.7 Å². The first-order valence-corrected chi connectivity index (χ1v) is 7.24. The molecule has 1 saturated heterocycles. The largest absolute Gasteiger partial charge is 0.401 e. The van der Waals surface area contributed by atoms with E-state index in [1.165, 1.54) is 0 Å². The zero-order valence-electron chi connectivity index (χ0n) is 13.7. The van der Waals surface area contributed by atoms with E-state index >= 15 is 0 Å². The van der Waals surface area contributed by atoms with Crippen LogP contribution in [0, 0.1) is 30.6 Å². The fraction of sp³-hybridized carbons (Fsp3) is 0.412. The van der Waals surface area contributed by atoms with Gasteiger partial charge in [0.15, 0.2) is 0 Å². The number of nitrogens with two attached hydrogens (primary N) is 1. The highest BCUT2D eigenvalue weighted by atomic mass is 16.2. The molecule has 0 radical (unpaired) electrons. The molecule has 116 valence electrons. The Balaban J connectivity index is 2.62. The Morgan fingerprint density at radius 3 is 2.55 bits per heavy atom. The van der Waals surface area contributed by atoms with Crippen molar-refractivity contribution in [1.29, 1.82) is 5.26 Å². The van der Waals surface area contributed by atoms with Gasteiger partial charge in [0.1, 0.15) is 6.04 Å². The van der Waals surface area contributed by atoms with Crippen LogP contribution in [0.4, 0.5) is 5.69 Å². The van der Waals surface area contributed by atoms with E-state index in [1.807, 2.05) is 39.8 Å². The Morgan fingerprint density at radius 2 is 2.05 bits per heavy atom. The number of anilines is 1. The lowest BCUT2D eigenvalue weighted by Gasteiger charge is -2.31. The predicted octanol–water partition coefficient (Wildman–Crippen LogP) is 2.31. The van der Waals surface area contributed by atoms with E-state index in [4.69, 9.17) is 5.73 Å². The number of nitrogens with zero attached hydrogens (tertiary/aromatic N) is 2. The van der Waals surface area contributed by atoms with E-state index in [1.54, 1.807) is 11.9 Å². The fourth-order valence-corrected chi connectivity index (χ4v) is 2.89. The number of nitrogens with one attached hydrogen (secondary N) is 1. The number of amides is 1. The quantitative estimate of drug-likeness (QED) is 0.821. The summed E-state index contributed by atoms with van der Waals surface area (Å²) >= 11 is 0. The standard InChI is InChI=1S/C17H22N4O/c1-10-6-7-14(11(2)8-10)21-15(13(9-18)12(3)19)17(4,5)16(22)20-21/h6-8,15H,19H2,1-5H3,(H,20,22)/b13-12-. The number of nitriles is 1. The number of benzene rings is 1. The molecule has 0 aliphatic carbocycles. The molecule has 5 nitrogen and oxygen atoms in total. The first-order valence-electron chi connectivity index (χ1n) is 7.24. The summed E-state index contributed by atoms with van der Waals surface area (Å²) in [5.74, 6) is -0.119. The number of carbonyl (C=O) groups excluding carboxylic acids is 1. The van der Waals surface area contributed by atoms with Crippen molar-refractivity contribution in [2.24, 2.45) is 11.1 Å². The second kappa shape index (κ2) is 5.38. The van der Waals surface area contributed by atoms with Gasteiger partial charge in [0.2, 0.25) is 5.91 Å². The first-order chi connectivity index (χ1) is 10.2. The van der Waals surface area contributed by atoms with Gasteiger partial charge < -0.3 is 5.73 Å². The van der Waals surface area contributed by atoms with Crippen molar-refractivity contribution < 1.29 is 4.79 Å². The van der Waals surface area contributed by atoms with E-state index in [0.29, 0.717) is 11.3 Å². The van der Waals surface area contributed by atoms with Crippen LogP contribution < -0.4 is 16.2 Å². The van der Waals surface area contributed by atoms with E-state index in [-0.39, 0.29) is 5.91 Å². The molecular weight excluding hydrogens is 276 g/mol. The van der Waals surface area contributed by atoms with Gasteiger partial charge in [-0.05, 0) is 46.2 Å². The zero-order valence-corrected chi connectivity index (χ0v) is 13.7. The highest BCUT2D eigenvalue weighted by molar-refractivity contribution is 5.90. The van der Waals surface area contributed by atoms with E-state index in [2.05, 4.69) is 17.6 Å². The lowest BCUT2D eigenvalue weighted by Crippen LogP contribution is -2.42. The van der Waals surface area contributed by atoms with Crippen LogP contribution in [-0.2, 0) is 4.79 Å². The van der Waals surface area contributed by atoms with Gasteiger partial charge in [0.25, 0.3) is 0 Å². The summed E-state index contributed by atoms with van der Waals surface area (Å²) < 4.78 is 0. The lowest BCUT2D eigenvalue weighted by atomic mass is 9.80. The number of carbonyl (C=O) groups is 1. The fourth-order valence-electron chi connectivity index (χ4n) is 2.89. The Labute approximate surface area is 131 Å². The van der Waals surface area contributed by atoms with Gasteiger partial charge in [0, 0.05) is 5.70 Å². The monoisotopic (exact) mass is 298 g/mol. The summed E-state index contributed by atoms with van der Waals surface area (Å²) in [6.07, 6.45) is 0. The maximum absolute atomic E-state index is 12.4. The van der Waals surface area contributed by atoms with E-state index < -0.39 is 11.5 Å². The van der Waals surface area contributed by atoms with E-state index in [9.17, 15) is 10.1 Å². The Morgan fingerprint density at radius 1 is 1.41 bits per heavy atom. The molecular formula is C17H22N4O.